The Morgan fingerprint density at radius 2 is 2.42 bits per heavy atom. The molecule has 0 radical (unpaired) electrons. The zero-order chi connectivity index (χ0) is 14.0. The van der Waals surface area contributed by atoms with Crippen LogP contribution in [0.4, 0.5) is 5.69 Å². The van der Waals surface area contributed by atoms with Crippen LogP contribution in [-0.2, 0) is 4.74 Å². The summed E-state index contributed by atoms with van der Waals surface area (Å²) in [5, 5.41) is 11.0. The van der Waals surface area contributed by atoms with Crippen molar-refractivity contribution in [2.75, 3.05) is 20.3 Å². The summed E-state index contributed by atoms with van der Waals surface area (Å²) < 4.78 is 5.20. The molecule has 0 aromatic carbocycles. The molecule has 1 atom stereocenters. The van der Waals surface area contributed by atoms with E-state index in [9.17, 15) is 14.9 Å². The van der Waals surface area contributed by atoms with E-state index in [1.807, 2.05) is 0 Å². The van der Waals surface area contributed by atoms with Crippen molar-refractivity contribution in [1.29, 1.82) is 0 Å². The number of hydrogen-bond donors (Lipinski definition) is 0. The lowest BCUT2D eigenvalue weighted by Crippen LogP contribution is -2.37. The van der Waals surface area contributed by atoms with Crippen molar-refractivity contribution in [2.45, 2.75) is 12.5 Å². The normalized spacial score (nSPS) is 18.3. The first kappa shape index (κ1) is 13.7. The molecular weight excluding hydrogens is 274 g/mol. The molecular formula is C11H12ClN3O4. The van der Waals surface area contributed by atoms with Gasteiger partial charge in [-0.1, -0.05) is 11.6 Å². The number of hydrogen-bond acceptors (Lipinski definition) is 5. The number of carbonyl (C=O) groups is 1. The Kier molecular flexibility index (Phi) is 3.96. The van der Waals surface area contributed by atoms with E-state index in [0.717, 1.165) is 12.6 Å². The van der Waals surface area contributed by atoms with Crippen LogP contribution in [0.25, 0.3) is 0 Å². The summed E-state index contributed by atoms with van der Waals surface area (Å²) in [7, 11) is 1.60. The topological polar surface area (TPSA) is 85.6 Å². The molecule has 2 heterocycles. The van der Waals surface area contributed by atoms with E-state index in [1.54, 1.807) is 7.05 Å². The number of halogens is 1. The van der Waals surface area contributed by atoms with E-state index in [0.29, 0.717) is 13.2 Å². The van der Waals surface area contributed by atoms with E-state index in [1.165, 1.54) is 11.0 Å². The van der Waals surface area contributed by atoms with E-state index < -0.39 is 10.8 Å². The first-order valence-corrected chi connectivity index (χ1v) is 6.03. The van der Waals surface area contributed by atoms with E-state index in [2.05, 4.69) is 4.98 Å². The minimum atomic E-state index is -0.643. The maximum Gasteiger partial charge on any atom is 0.300 e. The first-order chi connectivity index (χ1) is 9.00. The first-order valence-electron chi connectivity index (χ1n) is 5.65. The fourth-order valence-corrected chi connectivity index (χ4v) is 2.08. The van der Waals surface area contributed by atoms with Gasteiger partial charge in [-0.25, -0.2) is 4.98 Å². The molecule has 0 saturated carbocycles. The summed E-state index contributed by atoms with van der Waals surface area (Å²) in [6, 6.07) is 1.15. The van der Waals surface area contributed by atoms with Crippen molar-refractivity contribution in [2.24, 2.45) is 0 Å². The molecule has 1 aromatic rings. The highest BCUT2D eigenvalue weighted by Crippen LogP contribution is 2.23. The molecule has 8 heteroatoms. The van der Waals surface area contributed by atoms with E-state index in [4.69, 9.17) is 16.3 Å². The predicted molar refractivity (Wildman–Crippen MR) is 67.2 cm³/mol. The van der Waals surface area contributed by atoms with Gasteiger partial charge in [0.25, 0.3) is 11.6 Å². The van der Waals surface area contributed by atoms with Gasteiger partial charge in [-0.05, 0) is 12.5 Å². The molecule has 1 amide bonds. The summed E-state index contributed by atoms with van der Waals surface area (Å²) in [5.74, 6) is -0.452. The fourth-order valence-electron chi connectivity index (χ4n) is 1.92. The lowest BCUT2D eigenvalue weighted by molar-refractivity contribution is -0.385. The van der Waals surface area contributed by atoms with Crippen LogP contribution in [0, 0.1) is 10.1 Å². The van der Waals surface area contributed by atoms with Crippen molar-refractivity contribution >= 4 is 23.2 Å². The maximum absolute atomic E-state index is 12.3. The van der Waals surface area contributed by atoms with Crippen LogP contribution >= 0.6 is 11.6 Å². The van der Waals surface area contributed by atoms with Gasteiger partial charge in [0.05, 0.1) is 17.6 Å². The molecule has 0 aliphatic carbocycles. The molecule has 0 bridgehead atoms. The van der Waals surface area contributed by atoms with Crippen LogP contribution < -0.4 is 0 Å². The zero-order valence-electron chi connectivity index (χ0n) is 10.2. The number of nitrogens with zero attached hydrogens (tertiary/aromatic N) is 3. The molecule has 19 heavy (non-hydrogen) atoms. The van der Waals surface area contributed by atoms with Crippen LogP contribution in [0.3, 0.4) is 0 Å². The molecule has 1 aliphatic rings. The van der Waals surface area contributed by atoms with Gasteiger partial charge >= 0.3 is 0 Å². The minimum Gasteiger partial charge on any atom is -0.379 e. The van der Waals surface area contributed by atoms with Gasteiger partial charge in [-0.2, -0.15) is 0 Å². The third kappa shape index (κ3) is 2.82. The van der Waals surface area contributed by atoms with Crippen LogP contribution in [0.15, 0.2) is 12.3 Å². The molecule has 0 spiro atoms. The summed E-state index contributed by atoms with van der Waals surface area (Å²) in [6.07, 6.45) is 1.71. The molecule has 0 N–H and O–H groups in total. The number of pyridine rings is 1. The Bertz CT molecular complexity index is 517. The predicted octanol–water partition coefficient (Wildman–Crippen LogP) is 1.50. The molecule has 7 nitrogen and oxygen atoms in total. The minimum absolute atomic E-state index is 0.0463. The van der Waals surface area contributed by atoms with E-state index >= 15 is 0 Å². The fraction of sp³-hybridized carbons (Fsp3) is 0.455. The number of likely N-dealkylation sites (N-methyl/N-ethyl adjacent to an activating group) is 1. The summed E-state index contributed by atoms with van der Waals surface area (Å²) in [6.45, 7) is 1.02. The molecule has 2 rings (SSSR count). The van der Waals surface area contributed by atoms with Crippen molar-refractivity contribution in [3.8, 4) is 0 Å². The highest BCUT2D eigenvalue weighted by Gasteiger charge is 2.29. The van der Waals surface area contributed by atoms with Gasteiger partial charge in [0, 0.05) is 13.7 Å². The maximum atomic E-state index is 12.3. The molecule has 1 unspecified atom stereocenters. The third-order valence-corrected chi connectivity index (χ3v) is 3.26. The summed E-state index contributed by atoms with van der Waals surface area (Å²) in [5.41, 5.74) is -0.403. The number of rotatable bonds is 3. The molecule has 1 saturated heterocycles. The largest absolute Gasteiger partial charge is 0.379 e. The third-order valence-electron chi connectivity index (χ3n) is 3.05. The number of nitro groups is 1. The number of carbonyl (C=O) groups excluding carboxylic acids is 1. The van der Waals surface area contributed by atoms with Crippen molar-refractivity contribution in [3.05, 3.63) is 33.1 Å². The van der Waals surface area contributed by atoms with Gasteiger partial charge in [-0.3, -0.25) is 14.9 Å². The monoisotopic (exact) mass is 285 g/mol. The summed E-state index contributed by atoms with van der Waals surface area (Å²) in [4.78, 5) is 27.6. The Balaban J connectivity index is 2.31. The van der Waals surface area contributed by atoms with Crippen LogP contribution in [0.1, 0.15) is 16.8 Å². The van der Waals surface area contributed by atoms with Crippen LogP contribution in [0.5, 0.6) is 0 Å². The van der Waals surface area contributed by atoms with Crippen LogP contribution in [-0.4, -0.2) is 47.0 Å². The second-order valence-electron chi connectivity index (χ2n) is 4.21. The van der Waals surface area contributed by atoms with Gasteiger partial charge in [0.15, 0.2) is 0 Å². The lowest BCUT2D eigenvalue weighted by atomic mass is 10.1. The lowest BCUT2D eigenvalue weighted by Gasteiger charge is -2.23. The Hall–Kier alpha value is -1.73. The standard InChI is InChI=1S/C11H12ClN3O4/c1-14(7-2-3-19-6-7)11(16)8-4-10(12)13-5-9(8)15(17)18/h4-5,7H,2-3,6H2,1H3. The Labute approximate surface area is 114 Å². The Morgan fingerprint density at radius 1 is 1.68 bits per heavy atom. The average molecular weight is 286 g/mol. The number of amides is 1. The molecule has 1 aromatic heterocycles. The van der Waals surface area contributed by atoms with Crippen molar-refractivity contribution in [3.63, 3.8) is 0 Å². The van der Waals surface area contributed by atoms with Crippen molar-refractivity contribution in [1.82, 2.24) is 9.88 Å². The SMILES string of the molecule is CN(C(=O)c1cc(Cl)ncc1[N+](=O)[O-])C1CCOC1. The highest BCUT2D eigenvalue weighted by atomic mass is 35.5. The molecule has 102 valence electrons. The quantitative estimate of drug-likeness (QED) is 0.477. The van der Waals surface area contributed by atoms with Gasteiger partial charge in [0.1, 0.15) is 16.9 Å². The van der Waals surface area contributed by atoms with Crippen molar-refractivity contribution < 1.29 is 14.5 Å². The average Bonchev–Trinajstić information content (AvgIpc) is 2.90. The Morgan fingerprint density at radius 3 is 3.00 bits per heavy atom. The van der Waals surface area contributed by atoms with Gasteiger partial charge < -0.3 is 9.64 Å². The molecule has 1 aliphatic heterocycles. The van der Waals surface area contributed by atoms with Crippen LogP contribution in [0.2, 0.25) is 5.15 Å². The highest BCUT2D eigenvalue weighted by molar-refractivity contribution is 6.29. The number of aromatic nitrogens is 1. The smallest absolute Gasteiger partial charge is 0.300 e. The van der Waals surface area contributed by atoms with E-state index in [-0.39, 0.29) is 22.4 Å². The second-order valence-corrected chi connectivity index (χ2v) is 4.60. The number of ether oxygens (including phenoxy) is 1. The van der Waals surface area contributed by atoms with Gasteiger partial charge in [0.2, 0.25) is 0 Å². The molecule has 1 fully saturated rings. The van der Waals surface area contributed by atoms with Gasteiger partial charge in [-0.15, -0.1) is 0 Å². The summed E-state index contributed by atoms with van der Waals surface area (Å²) >= 11 is 5.70. The zero-order valence-corrected chi connectivity index (χ0v) is 11.0. The second kappa shape index (κ2) is 5.50.